The SMILES string of the molecule is CC(C)CCC(C)n1cncc1CCl. The van der Waals surface area contributed by atoms with Gasteiger partial charge in [-0.05, 0) is 25.7 Å². The van der Waals surface area contributed by atoms with Gasteiger partial charge in [-0.1, -0.05) is 13.8 Å². The van der Waals surface area contributed by atoms with E-state index in [1.807, 2.05) is 12.5 Å². The first-order chi connectivity index (χ1) is 6.65. The highest BCUT2D eigenvalue weighted by Crippen LogP contribution is 2.19. The van der Waals surface area contributed by atoms with Gasteiger partial charge in [-0.3, -0.25) is 0 Å². The molecule has 80 valence electrons. The van der Waals surface area contributed by atoms with E-state index < -0.39 is 0 Å². The van der Waals surface area contributed by atoms with Crippen LogP contribution in [0, 0.1) is 5.92 Å². The van der Waals surface area contributed by atoms with Gasteiger partial charge in [-0.15, -0.1) is 11.6 Å². The Hall–Kier alpha value is -0.500. The van der Waals surface area contributed by atoms with E-state index in [0.29, 0.717) is 11.9 Å². The van der Waals surface area contributed by atoms with Crippen LogP contribution in [0.3, 0.4) is 0 Å². The maximum Gasteiger partial charge on any atom is 0.0951 e. The smallest absolute Gasteiger partial charge is 0.0951 e. The lowest BCUT2D eigenvalue weighted by molar-refractivity contribution is 0.433. The van der Waals surface area contributed by atoms with Crippen LogP contribution in [-0.2, 0) is 5.88 Å². The number of hydrogen-bond donors (Lipinski definition) is 0. The van der Waals surface area contributed by atoms with Crippen LogP contribution in [0.15, 0.2) is 12.5 Å². The maximum absolute atomic E-state index is 5.82. The highest BCUT2D eigenvalue weighted by molar-refractivity contribution is 6.16. The number of alkyl halides is 1. The Kier molecular flexibility index (Phi) is 4.46. The molecule has 0 saturated heterocycles. The summed E-state index contributed by atoms with van der Waals surface area (Å²) in [7, 11) is 0. The van der Waals surface area contributed by atoms with Gasteiger partial charge >= 0.3 is 0 Å². The van der Waals surface area contributed by atoms with E-state index in [4.69, 9.17) is 11.6 Å². The Bertz CT molecular complexity index is 268. The lowest BCUT2D eigenvalue weighted by Crippen LogP contribution is -2.07. The second-order valence-electron chi connectivity index (χ2n) is 4.25. The van der Waals surface area contributed by atoms with E-state index in [9.17, 15) is 0 Å². The van der Waals surface area contributed by atoms with Crippen molar-refractivity contribution in [1.82, 2.24) is 9.55 Å². The summed E-state index contributed by atoms with van der Waals surface area (Å²) < 4.78 is 2.18. The van der Waals surface area contributed by atoms with Gasteiger partial charge in [0.1, 0.15) is 0 Å². The summed E-state index contributed by atoms with van der Waals surface area (Å²) in [6.07, 6.45) is 6.17. The first-order valence-corrected chi connectivity index (χ1v) is 5.75. The van der Waals surface area contributed by atoms with Crippen molar-refractivity contribution >= 4 is 11.6 Å². The van der Waals surface area contributed by atoms with Gasteiger partial charge in [-0.25, -0.2) is 4.98 Å². The van der Waals surface area contributed by atoms with Crippen LogP contribution in [0.4, 0.5) is 0 Å². The van der Waals surface area contributed by atoms with E-state index in [0.717, 1.165) is 11.6 Å². The molecule has 1 aromatic heterocycles. The third-order valence-corrected chi connectivity index (χ3v) is 2.79. The largest absolute Gasteiger partial charge is 0.331 e. The molecule has 1 atom stereocenters. The minimum atomic E-state index is 0.508. The standard InChI is InChI=1S/C11H19ClN2/c1-9(2)4-5-10(3)14-8-13-7-11(14)6-12/h7-10H,4-6H2,1-3H3. The van der Waals surface area contributed by atoms with Gasteiger partial charge in [0.25, 0.3) is 0 Å². The molecule has 0 aliphatic carbocycles. The van der Waals surface area contributed by atoms with E-state index in [-0.39, 0.29) is 0 Å². The fraction of sp³-hybridized carbons (Fsp3) is 0.727. The summed E-state index contributed by atoms with van der Waals surface area (Å²) in [4.78, 5) is 4.12. The van der Waals surface area contributed by atoms with Crippen molar-refractivity contribution in [1.29, 1.82) is 0 Å². The predicted octanol–water partition coefficient (Wildman–Crippen LogP) is 3.62. The summed E-state index contributed by atoms with van der Waals surface area (Å²) in [6, 6.07) is 0.508. The molecule has 0 aromatic carbocycles. The highest BCUT2D eigenvalue weighted by atomic mass is 35.5. The van der Waals surface area contributed by atoms with Gasteiger partial charge in [0.05, 0.1) is 17.9 Å². The molecule has 1 aromatic rings. The van der Waals surface area contributed by atoms with E-state index in [2.05, 4.69) is 30.3 Å². The lowest BCUT2D eigenvalue weighted by Gasteiger charge is -2.16. The van der Waals surface area contributed by atoms with E-state index >= 15 is 0 Å². The average Bonchev–Trinajstić information content (AvgIpc) is 2.61. The Balaban J connectivity index is 2.55. The summed E-state index contributed by atoms with van der Waals surface area (Å²) in [6.45, 7) is 6.73. The molecule has 0 spiro atoms. The van der Waals surface area contributed by atoms with Crippen molar-refractivity contribution in [3.05, 3.63) is 18.2 Å². The Morgan fingerprint density at radius 1 is 1.36 bits per heavy atom. The molecule has 0 N–H and O–H groups in total. The van der Waals surface area contributed by atoms with Crippen molar-refractivity contribution in [2.75, 3.05) is 0 Å². The fourth-order valence-corrected chi connectivity index (χ4v) is 1.75. The second kappa shape index (κ2) is 5.40. The Morgan fingerprint density at radius 2 is 2.07 bits per heavy atom. The van der Waals surface area contributed by atoms with Crippen LogP contribution in [0.25, 0.3) is 0 Å². The molecule has 0 aliphatic heterocycles. The van der Waals surface area contributed by atoms with Crippen LogP contribution in [0.5, 0.6) is 0 Å². The van der Waals surface area contributed by atoms with Gasteiger partial charge in [0.2, 0.25) is 0 Å². The van der Waals surface area contributed by atoms with Crippen LogP contribution in [-0.4, -0.2) is 9.55 Å². The molecule has 2 nitrogen and oxygen atoms in total. The third-order valence-electron chi connectivity index (χ3n) is 2.52. The number of halogens is 1. The van der Waals surface area contributed by atoms with Crippen LogP contribution < -0.4 is 0 Å². The molecule has 14 heavy (non-hydrogen) atoms. The maximum atomic E-state index is 5.82. The molecule has 0 bridgehead atoms. The quantitative estimate of drug-likeness (QED) is 0.685. The minimum Gasteiger partial charge on any atom is -0.331 e. The van der Waals surface area contributed by atoms with Crippen LogP contribution in [0.2, 0.25) is 0 Å². The van der Waals surface area contributed by atoms with E-state index in [1.165, 1.54) is 12.8 Å². The topological polar surface area (TPSA) is 17.8 Å². The van der Waals surface area contributed by atoms with Gasteiger partial charge in [0.15, 0.2) is 0 Å². The summed E-state index contributed by atoms with van der Waals surface area (Å²) in [5, 5.41) is 0. The third kappa shape index (κ3) is 3.02. The predicted molar refractivity (Wildman–Crippen MR) is 60.6 cm³/mol. The molecule has 1 rings (SSSR count). The molecular formula is C11H19ClN2. The first kappa shape index (κ1) is 11.6. The van der Waals surface area contributed by atoms with Crippen molar-refractivity contribution in [2.24, 2.45) is 5.92 Å². The first-order valence-electron chi connectivity index (χ1n) is 5.21. The van der Waals surface area contributed by atoms with Crippen LogP contribution in [0.1, 0.15) is 45.3 Å². The molecule has 0 fully saturated rings. The molecule has 3 heteroatoms. The molecule has 1 unspecified atom stereocenters. The lowest BCUT2D eigenvalue weighted by atomic mass is 10.0. The van der Waals surface area contributed by atoms with Gasteiger partial charge in [-0.2, -0.15) is 0 Å². The molecule has 0 radical (unpaired) electrons. The highest BCUT2D eigenvalue weighted by Gasteiger charge is 2.09. The fourth-order valence-electron chi connectivity index (χ4n) is 1.55. The normalized spacial score (nSPS) is 13.5. The summed E-state index contributed by atoms with van der Waals surface area (Å²) in [5.41, 5.74) is 1.11. The van der Waals surface area contributed by atoms with E-state index in [1.54, 1.807) is 0 Å². The second-order valence-corrected chi connectivity index (χ2v) is 4.51. The number of aromatic nitrogens is 2. The average molecular weight is 215 g/mol. The monoisotopic (exact) mass is 214 g/mol. The van der Waals surface area contributed by atoms with Crippen molar-refractivity contribution in [3.8, 4) is 0 Å². The number of nitrogens with zero attached hydrogens (tertiary/aromatic N) is 2. The van der Waals surface area contributed by atoms with Crippen LogP contribution >= 0.6 is 11.6 Å². The van der Waals surface area contributed by atoms with Crippen molar-refractivity contribution in [2.45, 2.75) is 45.5 Å². The zero-order chi connectivity index (χ0) is 10.6. The van der Waals surface area contributed by atoms with Crippen molar-refractivity contribution < 1.29 is 0 Å². The molecule has 0 amide bonds. The minimum absolute atomic E-state index is 0.508. The number of imidazole rings is 1. The zero-order valence-electron chi connectivity index (χ0n) is 9.20. The van der Waals surface area contributed by atoms with Crippen molar-refractivity contribution in [3.63, 3.8) is 0 Å². The summed E-state index contributed by atoms with van der Waals surface area (Å²) in [5.74, 6) is 1.31. The summed E-state index contributed by atoms with van der Waals surface area (Å²) >= 11 is 5.82. The number of rotatable bonds is 5. The molecule has 1 heterocycles. The Labute approximate surface area is 91.3 Å². The Morgan fingerprint density at radius 3 is 2.64 bits per heavy atom. The number of hydrogen-bond acceptors (Lipinski definition) is 1. The van der Waals surface area contributed by atoms with Gasteiger partial charge in [0, 0.05) is 12.2 Å². The zero-order valence-corrected chi connectivity index (χ0v) is 9.96. The molecule has 0 saturated carbocycles. The van der Waals surface area contributed by atoms with Gasteiger partial charge < -0.3 is 4.57 Å². The molecule has 0 aliphatic rings. The molecular weight excluding hydrogens is 196 g/mol.